The smallest absolute Gasteiger partial charge is 0.254 e. The average molecular weight is 289 g/mol. The molecule has 2 aromatic heterocycles. The van der Waals surface area contributed by atoms with Crippen LogP contribution in [0.5, 0.6) is 0 Å². The van der Waals surface area contributed by atoms with Crippen molar-refractivity contribution in [2.24, 2.45) is 7.05 Å². The van der Waals surface area contributed by atoms with E-state index in [0.29, 0.717) is 22.6 Å². The van der Waals surface area contributed by atoms with Crippen molar-refractivity contribution in [2.45, 2.75) is 26.4 Å². The van der Waals surface area contributed by atoms with E-state index >= 15 is 0 Å². The largest absolute Gasteiger partial charge is 0.383 e. The Morgan fingerprint density at radius 3 is 2.71 bits per heavy atom. The topological polar surface area (TPSA) is 92.9 Å². The number of nitrogens with one attached hydrogen (secondary N) is 1. The van der Waals surface area contributed by atoms with Crippen LogP contribution < -0.4 is 5.32 Å². The Balaban J connectivity index is 2.06. The van der Waals surface area contributed by atoms with Gasteiger partial charge < -0.3 is 10.4 Å². The van der Waals surface area contributed by atoms with Gasteiger partial charge in [-0.3, -0.25) is 9.48 Å². The zero-order valence-corrected chi connectivity index (χ0v) is 12.6. The Morgan fingerprint density at radius 2 is 2.14 bits per heavy atom. The van der Waals surface area contributed by atoms with Crippen molar-refractivity contribution in [3.8, 4) is 0 Å². The molecule has 0 spiro atoms. The molecule has 0 aliphatic carbocycles. The summed E-state index contributed by atoms with van der Waals surface area (Å²) < 4.78 is 1.60. The molecule has 0 bridgehead atoms. The van der Waals surface area contributed by atoms with E-state index in [-0.39, 0.29) is 12.5 Å². The fourth-order valence-electron chi connectivity index (χ4n) is 1.96. The number of carbonyl (C=O) groups is 1. The molecule has 7 heteroatoms. The van der Waals surface area contributed by atoms with Crippen LogP contribution in [0.4, 0.5) is 0 Å². The SMILES string of the molecule is Cc1ncc(C(=O)NCC(C)(O)c2cnn(C)c2)c(C)n1. The molecule has 21 heavy (non-hydrogen) atoms. The number of hydrogen-bond acceptors (Lipinski definition) is 5. The lowest BCUT2D eigenvalue weighted by Gasteiger charge is -2.22. The minimum atomic E-state index is -1.19. The molecular weight excluding hydrogens is 270 g/mol. The molecule has 1 atom stereocenters. The van der Waals surface area contributed by atoms with E-state index in [2.05, 4.69) is 20.4 Å². The van der Waals surface area contributed by atoms with Crippen molar-refractivity contribution in [1.29, 1.82) is 0 Å². The predicted molar refractivity (Wildman–Crippen MR) is 76.6 cm³/mol. The Bertz CT molecular complexity index is 663. The summed E-state index contributed by atoms with van der Waals surface area (Å²) in [7, 11) is 1.77. The summed E-state index contributed by atoms with van der Waals surface area (Å²) in [6.07, 6.45) is 4.78. The van der Waals surface area contributed by atoms with Gasteiger partial charge in [0.2, 0.25) is 0 Å². The number of nitrogens with zero attached hydrogens (tertiary/aromatic N) is 4. The van der Waals surface area contributed by atoms with Crippen LogP contribution in [0.3, 0.4) is 0 Å². The van der Waals surface area contributed by atoms with Crippen LogP contribution in [0, 0.1) is 13.8 Å². The van der Waals surface area contributed by atoms with E-state index < -0.39 is 5.60 Å². The molecule has 1 unspecified atom stereocenters. The van der Waals surface area contributed by atoms with E-state index in [9.17, 15) is 9.90 Å². The molecule has 112 valence electrons. The van der Waals surface area contributed by atoms with E-state index in [1.54, 1.807) is 44.9 Å². The molecule has 0 radical (unpaired) electrons. The van der Waals surface area contributed by atoms with Crippen molar-refractivity contribution in [3.05, 3.63) is 41.2 Å². The van der Waals surface area contributed by atoms with Crippen molar-refractivity contribution in [3.63, 3.8) is 0 Å². The predicted octanol–water partition coefficient (Wildman–Crippen LogP) is 0.464. The molecule has 2 aromatic rings. The summed E-state index contributed by atoms with van der Waals surface area (Å²) in [6.45, 7) is 5.22. The molecule has 0 saturated heterocycles. The molecule has 0 aromatic carbocycles. The standard InChI is InChI=1S/C14H19N5O2/c1-9-12(6-15-10(2)18-9)13(20)16-8-14(3,21)11-5-17-19(4)7-11/h5-7,21H,8H2,1-4H3,(H,16,20). The first kappa shape index (κ1) is 15.1. The van der Waals surface area contributed by atoms with Crippen LogP contribution in [-0.4, -0.2) is 37.3 Å². The van der Waals surface area contributed by atoms with Crippen LogP contribution in [0.2, 0.25) is 0 Å². The van der Waals surface area contributed by atoms with Crippen LogP contribution in [0.1, 0.15) is 34.4 Å². The van der Waals surface area contributed by atoms with Gasteiger partial charge in [-0.15, -0.1) is 0 Å². The lowest BCUT2D eigenvalue weighted by Crippen LogP contribution is -2.38. The molecule has 1 amide bonds. The summed E-state index contributed by atoms with van der Waals surface area (Å²) in [6, 6.07) is 0. The zero-order chi connectivity index (χ0) is 15.6. The van der Waals surface area contributed by atoms with Gasteiger partial charge in [-0.05, 0) is 20.8 Å². The monoisotopic (exact) mass is 289 g/mol. The second kappa shape index (κ2) is 5.61. The zero-order valence-electron chi connectivity index (χ0n) is 12.6. The Kier molecular flexibility index (Phi) is 4.04. The second-order valence-electron chi connectivity index (χ2n) is 5.28. The fourth-order valence-corrected chi connectivity index (χ4v) is 1.96. The molecule has 0 aliphatic heterocycles. The van der Waals surface area contributed by atoms with Gasteiger partial charge in [0.1, 0.15) is 11.4 Å². The third kappa shape index (κ3) is 3.43. The number of rotatable bonds is 4. The molecule has 0 saturated carbocycles. The third-order valence-electron chi connectivity index (χ3n) is 3.26. The van der Waals surface area contributed by atoms with Crippen molar-refractivity contribution >= 4 is 5.91 Å². The number of aromatic nitrogens is 4. The summed E-state index contributed by atoms with van der Waals surface area (Å²) in [5.41, 5.74) is 0.467. The minimum Gasteiger partial charge on any atom is -0.383 e. The van der Waals surface area contributed by atoms with Gasteiger partial charge in [0.15, 0.2) is 0 Å². The molecule has 0 fully saturated rings. The molecule has 7 nitrogen and oxygen atoms in total. The second-order valence-corrected chi connectivity index (χ2v) is 5.28. The molecule has 2 heterocycles. The molecule has 2 N–H and O–H groups in total. The van der Waals surface area contributed by atoms with E-state index in [0.717, 1.165) is 0 Å². The molecule has 0 aliphatic rings. The number of hydrogen-bond donors (Lipinski definition) is 2. The quantitative estimate of drug-likeness (QED) is 0.853. The van der Waals surface area contributed by atoms with Crippen LogP contribution in [0.15, 0.2) is 18.6 Å². The maximum Gasteiger partial charge on any atom is 0.254 e. The number of aliphatic hydroxyl groups is 1. The minimum absolute atomic E-state index is 0.0742. The van der Waals surface area contributed by atoms with E-state index in [1.165, 1.54) is 6.20 Å². The lowest BCUT2D eigenvalue weighted by atomic mass is 9.99. The highest BCUT2D eigenvalue weighted by Gasteiger charge is 2.26. The highest BCUT2D eigenvalue weighted by atomic mass is 16.3. The average Bonchev–Trinajstić information content (AvgIpc) is 2.84. The summed E-state index contributed by atoms with van der Waals surface area (Å²) in [5.74, 6) is 0.308. The Morgan fingerprint density at radius 1 is 1.43 bits per heavy atom. The van der Waals surface area contributed by atoms with Gasteiger partial charge >= 0.3 is 0 Å². The maximum absolute atomic E-state index is 12.1. The number of aryl methyl sites for hydroxylation is 3. The van der Waals surface area contributed by atoms with Gasteiger partial charge in [0.25, 0.3) is 5.91 Å². The van der Waals surface area contributed by atoms with Gasteiger partial charge in [-0.1, -0.05) is 0 Å². The first-order valence-electron chi connectivity index (χ1n) is 6.59. The maximum atomic E-state index is 12.1. The first-order valence-corrected chi connectivity index (χ1v) is 6.59. The Hall–Kier alpha value is -2.28. The van der Waals surface area contributed by atoms with E-state index in [4.69, 9.17) is 0 Å². The van der Waals surface area contributed by atoms with Gasteiger partial charge in [0, 0.05) is 25.0 Å². The van der Waals surface area contributed by atoms with Crippen LogP contribution in [-0.2, 0) is 12.6 Å². The van der Waals surface area contributed by atoms with Gasteiger partial charge in [0.05, 0.1) is 24.0 Å². The van der Waals surface area contributed by atoms with Crippen molar-refractivity contribution in [1.82, 2.24) is 25.1 Å². The molecule has 2 rings (SSSR count). The summed E-state index contributed by atoms with van der Waals surface area (Å²) in [4.78, 5) is 20.3. The third-order valence-corrected chi connectivity index (χ3v) is 3.26. The number of carbonyl (C=O) groups excluding carboxylic acids is 1. The van der Waals surface area contributed by atoms with Gasteiger partial charge in [-0.25, -0.2) is 9.97 Å². The van der Waals surface area contributed by atoms with Crippen LogP contribution >= 0.6 is 0 Å². The van der Waals surface area contributed by atoms with Crippen molar-refractivity contribution in [2.75, 3.05) is 6.54 Å². The number of amides is 1. The fraction of sp³-hybridized carbons (Fsp3) is 0.429. The highest BCUT2D eigenvalue weighted by Crippen LogP contribution is 2.18. The Labute approximate surface area is 123 Å². The lowest BCUT2D eigenvalue weighted by molar-refractivity contribution is 0.0525. The van der Waals surface area contributed by atoms with Gasteiger partial charge in [-0.2, -0.15) is 5.10 Å². The summed E-state index contributed by atoms with van der Waals surface area (Å²) >= 11 is 0. The van der Waals surface area contributed by atoms with Crippen molar-refractivity contribution < 1.29 is 9.90 Å². The molecular formula is C14H19N5O2. The highest BCUT2D eigenvalue weighted by molar-refractivity contribution is 5.94. The van der Waals surface area contributed by atoms with E-state index in [1.807, 2.05) is 0 Å². The summed E-state index contributed by atoms with van der Waals surface area (Å²) in [5, 5.41) is 17.1. The van der Waals surface area contributed by atoms with Crippen LogP contribution in [0.25, 0.3) is 0 Å². The first-order chi connectivity index (χ1) is 9.79. The normalized spacial score (nSPS) is 13.8.